The number of hydrogen-bond acceptors (Lipinski definition) is 9. The lowest BCUT2D eigenvalue weighted by Gasteiger charge is -2.07. The number of aromatic nitrogens is 2. The summed E-state index contributed by atoms with van der Waals surface area (Å²) in [5, 5.41) is 18.3. The first-order valence-electron chi connectivity index (χ1n) is 9.18. The van der Waals surface area contributed by atoms with Gasteiger partial charge in [-0.05, 0) is 43.2 Å². The average Bonchev–Trinajstić information content (AvgIpc) is 3.44. The Kier molecular flexibility index (Phi) is 5.48. The molecule has 2 aromatic carbocycles. The van der Waals surface area contributed by atoms with Crippen LogP contribution in [0.3, 0.4) is 0 Å². The molecule has 1 N–H and O–H groups in total. The highest BCUT2D eigenvalue weighted by Crippen LogP contribution is 2.23. The van der Waals surface area contributed by atoms with Crippen LogP contribution < -0.4 is 4.72 Å². The van der Waals surface area contributed by atoms with Gasteiger partial charge in [-0.1, -0.05) is 6.07 Å². The number of sulfonamides is 1. The standard InChI is InChI=1S/C19H16N4O7S/c24-19(13-2-1-3-16(10-13)31(27,28)22-14-6-7-14)29-11-17-20-21-18(30-17)12-4-8-15(9-5-12)23(25)26/h1-5,8-10,14,22H,6-7,11H2. The summed E-state index contributed by atoms with van der Waals surface area (Å²) < 4.78 is 37.7. The first-order valence-corrected chi connectivity index (χ1v) is 10.7. The molecule has 0 spiro atoms. The van der Waals surface area contributed by atoms with E-state index in [2.05, 4.69) is 14.9 Å². The van der Waals surface area contributed by atoms with Crippen LogP contribution in [-0.4, -0.2) is 35.5 Å². The van der Waals surface area contributed by atoms with E-state index in [1.54, 1.807) is 0 Å². The second-order valence-corrected chi connectivity index (χ2v) is 8.52. The topological polar surface area (TPSA) is 155 Å². The number of nitro groups is 1. The highest BCUT2D eigenvalue weighted by Gasteiger charge is 2.28. The minimum Gasteiger partial charge on any atom is -0.452 e. The van der Waals surface area contributed by atoms with Crippen molar-refractivity contribution in [2.75, 3.05) is 0 Å². The SMILES string of the molecule is O=C(OCc1nnc(-c2ccc([N+](=O)[O-])cc2)o1)c1cccc(S(=O)(=O)NC2CC2)c1. The van der Waals surface area contributed by atoms with E-state index in [9.17, 15) is 23.3 Å². The molecule has 0 atom stereocenters. The van der Waals surface area contributed by atoms with Gasteiger partial charge in [0.15, 0.2) is 6.61 Å². The Hall–Kier alpha value is -3.64. The molecule has 0 radical (unpaired) electrons. The Labute approximate surface area is 176 Å². The number of ether oxygens (including phenoxy) is 1. The fraction of sp³-hybridized carbons (Fsp3) is 0.211. The Bertz CT molecular complexity index is 1230. The average molecular weight is 444 g/mol. The number of benzene rings is 2. The number of nitro benzene ring substituents is 1. The van der Waals surface area contributed by atoms with Crippen molar-refractivity contribution >= 4 is 21.7 Å². The second kappa shape index (κ2) is 8.24. The van der Waals surface area contributed by atoms with Crippen molar-refractivity contribution in [1.82, 2.24) is 14.9 Å². The predicted molar refractivity (Wildman–Crippen MR) is 105 cm³/mol. The van der Waals surface area contributed by atoms with Crippen molar-refractivity contribution < 1.29 is 27.3 Å². The van der Waals surface area contributed by atoms with Crippen molar-refractivity contribution in [3.63, 3.8) is 0 Å². The lowest BCUT2D eigenvalue weighted by atomic mass is 10.2. The fourth-order valence-corrected chi connectivity index (χ4v) is 3.99. The van der Waals surface area contributed by atoms with Gasteiger partial charge in [-0.2, -0.15) is 0 Å². The molecule has 160 valence electrons. The zero-order valence-electron chi connectivity index (χ0n) is 15.9. The summed E-state index contributed by atoms with van der Waals surface area (Å²) in [5.41, 5.74) is 0.458. The first-order chi connectivity index (χ1) is 14.8. The van der Waals surface area contributed by atoms with E-state index in [1.807, 2.05) is 0 Å². The molecule has 0 aliphatic heterocycles. The van der Waals surface area contributed by atoms with Crippen molar-refractivity contribution in [2.24, 2.45) is 0 Å². The van der Waals surface area contributed by atoms with Gasteiger partial charge >= 0.3 is 5.97 Å². The third-order valence-corrected chi connectivity index (χ3v) is 5.92. The number of hydrogen-bond donors (Lipinski definition) is 1. The van der Waals surface area contributed by atoms with Crippen LogP contribution in [0.1, 0.15) is 29.1 Å². The molecule has 3 aromatic rings. The second-order valence-electron chi connectivity index (χ2n) is 6.80. The number of carbonyl (C=O) groups excluding carboxylic acids is 1. The van der Waals surface area contributed by atoms with E-state index >= 15 is 0 Å². The third-order valence-electron chi connectivity index (χ3n) is 4.40. The van der Waals surface area contributed by atoms with Crippen LogP contribution >= 0.6 is 0 Å². The predicted octanol–water partition coefficient (Wildman–Crippen LogP) is 2.44. The minimum atomic E-state index is -3.70. The van der Waals surface area contributed by atoms with Crippen LogP contribution in [-0.2, 0) is 21.4 Å². The molecule has 11 nitrogen and oxygen atoms in total. The number of esters is 1. The number of rotatable bonds is 8. The molecule has 1 fully saturated rings. The molecule has 0 unspecified atom stereocenters. The van der Waals surface area contributed by atoms with Gasteiger partial charge in [0.25, 0.3) is 11.6 Å². The minimum absolute atomic E-state index is 0.0147. The highest BCUT2D eigenvalue weighted by atomic mass is 32.2. The maximum absolute atomic E-state index is 12.3. The van der Waals surface area contributed by atoms with Crippen molar-refractivity contribution in [3.05, 3.63) is 70.1 Å². The van der Waals surface area contributed by atoms with Crippen LogP contribution in [0, 0.1) is 10.1 Å². The van der Waals surface area contributed by atoms with Gasteiger partial charge in [-0.3, -0.25) is 10.1 Å². The number of nitrogens with zero attached hydrogens (tertiary/aromatic N) is 3. The smallest absolute Gasteiger partial charge is 0.338 e. The summed E-state index contributed by atoms with van der Waals surface area (Å²) in [6.07, 6.45) is 1.60. The molecule has 0 saturated heterocycles. The summed E-state index contributed by atoms with van der Waals surface area (Å²) >= 11 is 0. The number of nitrogens with one attached hydrogen (secondary N) is 1. The monoisotopic (exact) mass is 444 g/mol. The summed E-state index contributed by atoms with van der Waals surface area (Å²) in [6, 6.07) is 11.0. The Morgan fingerprint density at radius 1 is 1.19 bits per heavy atom. The van der Waals surface area contributed by atoms with E-state index in [0.717, 1.165) is 12.8 Å². The molecule has 1 heterocycles. The largest absolute Gasteiger partial charge is 0.452 e. The summed E-state index contributed by atoms with van der Waals surface area (Å²) in [4.78, 5) is 22.5. The summed E-state index contributed by atoms with van der Waals surface area (Å²) in [5.74, 6) is -0.625. The number of carbonyl (C=O) groups is 1. The maximum Gasteiger partial charge on any atom is 0.338 e. The van der Waals surface area contributed by atoms with Gasteiger partial charge in [0.1, 0.15) is 0 Å². The lowest BCUT2D eigenvalue weighted by molar-refractivity contribution is -0.384. The summed E-state index contributed by atoms with van der Waals surface area (Å²) in [6.45, 7) is -0.323. The van der Waals surface area contributed by atoms with E-state index < -0.39 is 20.9 Å². The Morgan fingerprint density at radius 2 is 1.94 bits per heavy atom. The van der Waals surface area contributed by atoms with Crippen molar-refractivity contribution in [3.8, 4) is 11.5 Å². The Morgan fingerprint density at radius 3 is 2.61 bits per heavy atom. The molecule has 12 heteroatoms. The van der Waals surface area contributed by atoms with Gasteiger partial charge in [-0.25, -0.2) is 17.9 Å². The van der Waals surface area contributed by atoms with E-state index in [4.69, 9.17) is 9.15 Å². The van der Waals surface area contributed by atoms with Crippen LogP contribution in [0.25, 0.3) is 11.5 Å². The van der Waals surface area contributed by atoms with Gasteiger partial charge in [0, 0.05) is 23.7 Å². The van der Waals surface area contributed by atoms with Gasteiger partial charge in [-0.15, -0.1) is 10.2 Å². The molecule has 0 bridgehead atoms. The zero-order chi connectivity index (χ0) is 22.0. The lowest BCUT2D eigenvalue weighted by Crippen LogP contribution is -2.25. The molecule has 1 aliphatic rings. The van der Waals surface area contributed by atoms with Gasteiger partial charge in [0.2, 0.25) is 15.9 Å². The molecule has 1 aromatic heterocycles. The molecule has 31 heavy (non-hydrogen) atoms. The molecular formula is C19H16N4O7S. The van der Waals surface area contributed by atoms with E-state index in [-0.39, 0.29) is 40.6 Å². The van der Waals surface area contributed by atoms with Crippen LogP contribution in [0.4, 0.5) is 5.69 Å². The molecular weight excluding hydrogens is 428 g/mol. The normalized spacial score (nSPS) is 13.7. The molecule has 1 aliphatic carbocycles. The molecule has 1 saturated carbocycles. The zero-order valence-corrected chi connectivity index (χ0v) is 16.7. The fourth-order valence-electron chi connectivity index (χ4n) is 2.64. The highest BCUT2D eigenvalue weighted by molar-refractivity contribution is 7.89. The molecule has 4 rings (SSSR count). The van der Waals surface area contributed by atoms with Crippen LogP contribution in [0.15, 0.2) is 57.8 Å². The van der Waals surface area contributed by atoms with Crippen molar-refractivity contribution in [1.29, 1.82) is 0 Å². The van der Waals surface area contributed by atoms with E-state index in [1.165, 1.54) is 48.5 Å². The van der Waals surface area contributed by atoms with Crippen molar-refractivity contribution in [2.45, 2.75) is 30.4 Å². The molecule has 0 amide bonds. The van der Waals surface area contributed by atoms with E-state index in [0.29, 0.717) is 5.56 Å². The first kappa shape index (κ1) is 20.6. The van der Waals surface area contributed by atoms with Gasteiger partial charge in [0.05, 0.1) is 15.4 Å². The van der Waals surface area contributed by atoms with Crippen LogP contribution in [0.5, 0.6) is 0 Å². The maximum atomic E-state index is 12.3. The van der Waals surface area contributed by atoms with Crippen LogP contribution in [0.2, 0.25) is 0 Å². The third kappa shape index (κ3) is 4.92. The Balaban J connectivity index is 1.40. The summed E-state index contributed by atoms with van der Waals surface area (Å²) in [7, 11) is -3.70. The quantitative estimate of drug-likeness (QED) is 0.313. The van der Waals surface area contributed by atoms with Gasteiger partial charge < -0.3 is 9.15 Å². The number of non-ortho nitro benzene ring substituents is 1.